The first kappa shape index (κ1) is 27.3. The molecule has 0 aliphatic carbocycles. The van der Waals surface area contributed by atoms with Gasteiger partial charge < -0.3 is 39.4 Å². The van der Waals surface area contributed by atoms with Gasteiger partial charge in [-0.15, -0.1) is 0 Å². The second kappa shape index (κ2) is 12.6. The van der Waals surface area contributed by atoms with Gasteiger partial charge in [-0.25, -0.2) is 19.2 Å². The lowest BCUT2D eigenvalue weighted by Gasteiger charge is -2.09. The highest BCUT2D eigenvalue weighted by atomic mass is 16.6. The Balaban J connectivity index is 1.38. The highest BCUT2D eigenvalue weighted by molar-refractivity contribution is 5.94. The number of phenolic OH excluding ortho intramolecular Hbond substituents is 4. The molecule has 12 nitrogen and oxygen atoms in total. The highest BCUT2D eigenvalue weighted by Gasteiger charge is 2.16. The topological polar surface area (TPSA) is 186 Å². The van der Waals surface area contributed by atoms with E-state index in [1.807, 2.05) is 0 Å². The van der Waals surface area contributed by atoms with Crippen molar-refractivity contribution < 1.29 is 58.6 Å². The van der Waals surface area contributed by atoms with E-state index in [4.69, 9.17) is 18.9 Å². The van der Waals surface area contributed by atoms with Crippen LogP contribution in [0.3, 0.4) is 0 Å². The van der Waals surface area contributed by atoms with Gasteiger partial charge in [0.05, 0.1) is 11.1 Å². The monoisotopic (exact) mass is 526 g/mol. The SMILES string of the molecule is O=C(OCCOC(=O)c1ccc(O)cc1O)c1ccc(C(=O)OCCOC(=O)c2ccc(O)cc2O)cc1. The first-order chi connectivity index (χ1) is 18.2. The molecular weight excluding hydrogens is 504 g/mol. The van der Waals surface area contributed by atoms with Crippen molar-refractivity contribution in [3.8, 4) is 23.0 Å². The van der Waals surface area contributed by atoms with Crippen molar-refractivity contribution in [1.82, 2.24) is 0 Å². The van der Waals surface area contributed by atoms with E-state index in [0.717, 1.165) is 12.1 Å². The van der Waals surface area contributed by atoms with Crippen molar-refractivity contribution >= 4 is 23.9 Å². The highest BCUT2D eigenvalue weighted by Crippen LogP contribution is 2.24. The van der Waals surface area contributed by atoms with Crippen LogP contribution in [0.25, 0.3) is 0 Å². The van der Waals surface area contributed by atoms with Crippen LogP contribution >= 0.6 is 0 Å². The number of esters is 4. The molecule has 0 spiro atoms. The Labute approximate surface area is 215 Å². The van der Waals surface area contributed by atoms with Gasteiger partial charge in [0.25, 0.3) is 0 Å². The zero-order valence-electron chi connectivity index (χ0n) is 19.7. The van der Waals surface area contributed by atoms with Gasteiger partial charge in [-0.3, -0.25) is 0 Å². The van der Waals surface area contributed by atoms with E-state index >= 15 is 0 Å². The summed E-state index contributed by atoms with van der Waals surface area (Å²) < 4.78 is 19.8. The number of hydrogen-bond acceptors (Lipinski definition) is 12. The van der Waals surface area contributed by atoms with Crippen molar-refractivity contribution in [1.29, 1.82) is 0 Å². The molecule has 0 amide bonds. The van der Waals surface area contributed by atoms with E-state index in [9.17, 15) is 39.6 Å². The molecule has 0 atom stereocenters. The van der Waals surface area contributed by atoms with Crippen LogP contribution in [0, 0.1) is 0 Å². The van der Waals surface area contributed by atoms with E-state index in [1.165, 1.54) is 48.5 Å². The Bertz CT molecular complexity index is 1230. The van der Waals surface area contributed by atoms with Crippen molar-refractivity contribution in [3.63, 3.8) is 0 Å². The largest absolute Gasteiger partial charge is 0.508 e. The number of carbonyl (C=O) groups excluding carboxylic acids is 4. The smallest absolute Gasteiger partial charge is 0.342 e. The van der Waals surface area contributed by atoms with Gasteiger partial charge >= 0.3 is 23.9 Å². The molecule has 0 heterocycles. The molecule has 0 fully saturated rings. The molecule has 0 saturated carbocycles. The molecule has 12 heteroatoms. The van der Waals surface area contributed by atoms with Gasteiger partial charge in [0.1, 0.15) is 60.6 Å². The van der Waals surface area contributed by atoms with E-state index in [1.54, 1.807) is 0 Å². The average Bonchev–Trinajstić information content (AvgIpc) is 2.88. The minimum Gasteiger partial charge on any atom is -0.508 e. The molecule has 0 radical (unpaired) electrons. The molecule has 3 aromatic carbocycles. The first-order valence-electron chi connectivity index (χ1n) is 11.0. The number of carbonyl (C=O) groups is 4. The molecule has 0 saturated heterocycles. The van der Waals surface area contributed by atoms with Gasteiger partial charge in [-0.05, 0) is 48.5 Å². The molecule has 198 valence electrons. The summed E-state index contributed by atoms with van der Waals surface area (Å²) in [7, 11) is 0. The summed E-state index contributed by atoms with van der Waals surface area (Å²) in [5.74, 6) is -4.56. The predicted molar refractivity (Wildman–Crippen MR) is 127 cm³/mol. The second-order valence-corrected chi connectivity index (χ2v) is 7.52. The van der Waals surface area contributed by atoms with Crippen LogP contribution < -0.4 is 0 Å². The molecule has 38 heavy (non-hydrogen) atoms. The molecule has 0 aromatic heterocycles. The quantitative estimate of drug-likeness (QED) is 0.172. The third kappa shape index (κ3) is 7.37. The maximum absolute atomic E-state index is 12.1. The van der Waals surface area contributed by atoms with Crippen LogP contribution in [0.15, 0.2) is 60.7 Å². The van der Waals surface area contributed by atoms with Crippen molar-refractivity contribution in [2.24, 2.45) is 0 Å². The summed E-state index contributed by atoms with van der Waals surface area (Å²) in [6.45, 7) is -1.11. The van der Waals surface area contributed by atoms with Gasteiger partial charge in [0, 0.05) is 12.1 Å². The summed E-state index contributed by atoms with van der Waals surface area (Å²) in [6, 6.07) is 12.0. The van der Waals surface area contributed by atoms with Gasteiger partial charge in [0.15, 0.2) is 0 Å². The number of aromatic hydroxyl groups is 4. The number of rotatable bonds is 10. The average molecular weight is 526 g/mol. The molecule has 0 aliphatic rings. The van der Waals surface area contributed by atoms with Crippen molar-refractivity contribution in [3.05, 3.63) is 82.9 Å². The van der Waals surface area contributed by atoms with E-state index in [-0.39, 0.29) is 60.2 Å². The minimum absolute atomic E-state index is 0.117. The molecular formula is C26H22O12. The zero-order valence-corrected chi connectivity index (χ0v) is 19.7. The summed E-state index contributed by atoms with van der Waals surface area (Å²) in [5.41, 5.74) is -0.0869. The summed E-state index contributed by atoms with van der Waals surface area (Å²) in [5, 5.41) is 37.8. The second-order valence-electron chi connectivity index (χ2n) is 7.52. The Morgan fingerprint density at radius 2 is 0.789 bits per heavy atom. The standard InChI is InChI=1S/C26H22O12/c27-17-5-7-19(21(29)13-17)25(33)37-11-9-35-23(31)15-1-2-16(4-3-15)24(32)36-10-12-38-26(34)20-8-6-18(28)14-22(20)30/h1-8,13-14,27-30H,9-12H2. The third-order valence-electron chi connectivity index (χ3n) is 4.86. The van der Waals surface area contributed by atoms with Gasteiger partial charge in [0.2, 0.25) is 0 Å². The lowest BCUT2D eigenvalue weighted by atomic mass is 10.1. The molecule has 4 N–H and O–H groups in total. The van der Waals surface area contributed by atoms with E-state index < -0.39 is 35.4 Å². The number of ether oxygens (including phenoxy) is 4. The fourth-order valence-electron chi connectivity index (χ4n) is 2.99. The summed E-state index contributed by atoms with van der Waals surface area (Å²) in [4.78, 5) is 48.1. The maximum Gasteiger partial charge on any atom is 0.342 e. The normalized spacial score (nSPS) is 10.3. The summed E-state index contributed by atoms with van der Waals surface area (Å²) in [6.07, 6.45) is 0. The lowest BCUT2D eigenvalue weighted by molar-refractivity contribution is 0.0261. The minimum atomic E-state index is -0.866. The number of phenols is 4. The van der Waals surface area contributed by atoms with Crippen molar-refractivity contribution in [2.75, 3.05) is 26.4 Å². The molecule has 3 rings (SSSR count). The predicted octanol–water partition coefficient (Wildman–Crippen LogP) is 2.54. The Hall–Kier alpha value is -5.26. The van der Waals surface area contributed by atoms with Crippen LogP contribution in [0.5, 0.6) is 23.0 Å². The van der Waals surface area contributed by atoms with Crippen LogP contribution in [0.4, 0.5) is 0 Å². The van der Waals surface area contributed by atoms with Crippen LogP contribution in [0.1, 0.15) is 41.4 Å². The fraction of sp³-hybridized carbons (Fsp3) is 0.154. The fourth-order valence-corrected chi connectivity index (χ4v) is 2.99. The molecule has 3 aromatic rings. The summed E-state index contributed by atoms with van der Waals surface area (Å²) >= 11 is 0. The van der Waals surface area contributed by atoms with Gasteiger partial charge in [-0.1, -0.05) is 0 Å². The molecule has 0 unspecified atom stereocenters. The first-order valence-corrected chi connectivity index (χ1v) is 11.0. The van der Waals surface area contributed by atoms with Crippen LogP contribution in [-0.2, 0) is 18.9 Å². The van der Waals surface area contributed by atoms with Gasteiger partial charge in [-0.2, -0.15) is 0 Å². The maximum atomic E-state index is 12.1. The Morgan fingerprint density at radius 3 is 1.11 bits per heavy atom. The number of hydrogen-bond donors (Lipinski definition) is 4. The Kier molecular flexibility index (Phi) is 9.08. The van der Waals surface area contributed by atoms with E-state index in [0.29, 0.717) is 0 Å². The molecule has 0 aliphatic heterocycles. The van der Waals surface area contributed by atoms with Crippen LogP contribution in [-0.4, -0.2) is 70.7 Å². The van der Waals surface area contributed by atoms with E-state index in [2.05, 4.69) is 0 Å². The molecule has 0 bridgehead atoms. The zero-order chi connectivity index (χ0) is 27.7. The van der Waals surface area contributed by atoms with Crippen LogP contribution in [0.2, 0.25) is 0 Å². The Morgan fingerprint density at radius 1 is 0.474 bits per heavy atom. The number of benzene rings is 3. The van der Waals surface area contributed by atoms with Crippen molar-refractivity contribution in [2.45, 2.75) is 0 Å². The third-order valence-corrected chi connectivity index (χ3v) is 4.86. The lowest BCUT2D eigenvalue weighted by Crippen LogP contribution is -2.15.